The van der Waals surface area contributed by atoms with Gasteiger partial charge < -0.3 is 9.88 Å². The van der Waals surface area contributed by atoms with Crippen molar-refractivity contribution >= 4 is 11.6 Å². The molecule has 3 unspecified atom stereocenters. The summed E-state index contributed by atoms with van der Waals surface area (Å²) < 4.78 is 2.19. The maximum atomic E-state index is 12.8. The van der Waals surface area contributed by atoms with E-state index in [2.05, 4.69) is 32.8 Å². The number of imidazole rings is 1. The predicted molar refractivity (Wildman–Crippen MR) is 93.8 cm³/mol. The Balaban J connectivity index is 1.52. The maximum Gasteiger partial charge on any atom is 0.241 e. The van der Waals surface area contributed by atoms with E-state index in [0.29, 0.717) is 12.0 Å². The molecule has 1 saturated heterocycles. The van der Waals surface area contributed by atoms with Gasteiger partial charge in [-0.1, -0.05) is 25.1 Å². The van der Waals surface area contributed by atoms with Gasteiger partial charge in [-0.15, -0.1) is 0 Å². The van der Waals surface area contributed by atoms with Gasteiger partial charge in [0, 0.05) is 30.7 Å². The van der Waals surface area contributed by atoms with Gasteiger partial charge in [-0.25, -0.2) is 4.98 Å². The third-order valence-electron chi connectivity index (χ3n) is 5.56. The van der Waals surface area contributed by atoms with Crippen molar-refractivity contribution in [2.75, 3.05) is 18.4 Å². The molecule has 2 aliphatic rings. The molecule has 24 heavy (non-hydrogen) atoms. The summed E-state index contributed by atoms with van der Waals surface area (Å²) in [6.45, 7) is 4.19. The summed E-state index contributed by atoms with van der Waals surface area (Å²) in [6, 6.07) is 8.49. The van der Waals surface area contributed by atoms with Gasteiger partial charge in [0.1, 0.15) is 0 Å². The van der Waals surface area contributed by atoms with Crippen molar-refractivity contribution in [2.45, 2.75) is 38.3 Å². The molecule has 0 spiro atoms. The second-order valence-electron chi connectivity index (χ2n) is 7.04. The van der Waals surface area contributed by atoms with Crippen molar-refractivity contribution in [3.05, 3.63) is 48.5 Å². The third kappa shape index (κ3) is 2.84. The van der Waals surface area contributed by atoms with E-state index in [9.17, 15) is 4.79 Å². The number of nitrogens with zero attached hydrogens (tertiary/aromatic N) is 3. The van der Waals surface area contributed by atoms with Crippen LogP contribution in [0.15, 0.2) is 43.0 Å². The molecule has 4 rings (SSSR count). The molecule has 5 heteroatoms. The minimum absolute atomic E-state index is 0.0454. The van der Waals surface area contributed by atoms with Crippen molar-refractivity contribution < 1.29 is 4.79 Å². The van der Waals surface area contributed by atoms with E-state index in [1.54, 1.807) is 0 Å². The zero-order chi connectivity index (χ0) is 16.5. The van der Waals surface area contributed by atoms with Crippen LogP contribution in [0.25, 0.3) is 0 Å². The fourth-order valence-electron chi connectivity index (χ4n) is 4.06. The topological polar surface area (TPSA) is 50.2 Å². The summed E-state index contributed by atoms with van der Waals surface area (Å²) >= 11 is 0. The molecule has 3 atom stereocenters. The molecule has 1 amide bonds. The van der Waals surface area contributed by atoms with Crippen molar-refractivity contribution in [3.8, 4) is 0 Å². The molecule has 0 bridgehead atoms. The number of para-hydroxylation sites is 1. The number of piperidine rings is 1. The number of aromatic nitrogens is 2. The van der Waals surface area contributed by atoms with Crippen molar-refractivity contribution in [1.82, 2.24) is 14.5 Å². The number of nitrogens with one attached hydrogen (secondary N) is 1. The predicted octanol–water partition coefficient (Wildman–Crippen LogP) is 2.72. The largest absolute Gasteiger partial charge is 0.333 e. The molecule has 0 saturated carbocycles. The number of anilines is 1. The van der Waals surface area contributed by atoms with Gasteiger partial charge in [0.25, 0.3) is 0 Å². The molecule has 1 aromatic heterocycles. The Morgan fingerprint density at radius 2 is 2.12 bits per heavy atom. The monoisotopic (exact) mass is 324 g/mol. The number of benzene rings is 1. The summed E-state index contributed by atoms with van der Waals surface area (Å²) in [5.41, 5.74) is 2.21. The lowest BCUT2D eigenvalue weighted by molar-refractivity contribution is -0.122. The maximum absolute atomic E-state index is 12.8. The molecule has 2 aliphatic heterocycles. The van der Waals surface area contributed by atoms with Crippen LogP contribution in [0.2, 0.25) is 0 Å². The Morgan fingerprint density at radius 1 is 1.25 bits per heavy atom. The molecule has 5 nitrogen and oxygen atoms in total. The van der Waals surface area contributed by atoms with Gasteiger partial charge in [0.2, 0.25) is 5.91 Å². The van der Waals surface area contributed by atoms with Gasteiger partial charge in [0.05, 0.1) is 12.4 Å². The first-order valence-electron chi connectivity index (χ1n) is 8.82. The summed E-state index contributed by atoms with van der Waals surface area (Å²) in [5, 5.41) is 3.13. The van der Waals surface area contributed by atoms with Crippen LogP contribution in [-0.4, -0.2) is 39.5 Å². The third-order valence-corrected chi connectivity index (χ3v) is 5.56. The molecule has 0 radical (unpaired) electrons. The lowest BCUT2D eigenvalue weighted by Crippen LogP contribution is -2.50. The van der Waals surface area contributed by atoms with Crippen LogP contribution < -0.4 is 5.32 Å². The van der Waals surface area contributed by atoms with Gasteiger partial charge in [0.15, 0.2) is 0 Å². The van der Waals surface area contributed by atoms with Crippen LogP contribution in [-0.2, 0) is 11.2 Å². The molecule has 126 valence electrons. The summed E-state index contributed by atoms with van der Waals surface area (Å²) in [5.74, 6) is 0.736. The molecule has 0 aliphatic carbocycles. The average Bonchev–Trinajstić information content (AvgIpc) is 3.06. The lowest BCUT2D eigenvalue weighted by Gasteiger charge is -2.40. The second kappa shape index (κ2) is 6.40. The van der Waals surface area contributed by atoms with Crippen molar-refractivity contribution in [1.29, 1.82) is 0 Å². The molecule has 1 aromatic carbocycles. The number of hydrogen-bond donors (Lipinski definition) is 1. The zero-order valence-corrected chi connectivity index (χ0v) is 14.1. The van der Waals surface area contributed by atoms with E-state index in [1.807, 2.05) is 36.9 Å². The SMILES string of the molecule is CC1CCN(C2CCc3ccccc3NC2=O)CC1n1ccnc1. The minimum atomic E-state index is -0.0454. The number of carbonyl (C=O) groups excluding carboxylic acids is 1. The van der Waals surface area contributed by atoms with E-state index < -0.39 is 0 Å². The Labute approximate surface area is 142 Å². The van der Waals surface area contributed by atoms with E-state index in [-0.39, 0.29) is 11.9 Å². The Kier molecular flexibility index (Phi) is 4.10. The second-order valence-corrected chi connectivity index (χ2v) is 7.04. The van der Waals surface area contributed by atoms with Crippen LogP contribution in [0.3, 0.4) is 0 Å². The smallest absolute Gasteiger partial charge is 0.241 e. The first-order chi connectivity index (χ1) is 11.7. The number of hydrogen-bond acceptors (Lipinski definition) is 3. The molecule has 3 heterocycles. The Bertz CT molecular complexity index is 712. The molecular formula is C19H24N4O. The molecule has 1 N–H and O–H groups in total. The number of carbonyl (C=O) groups is 1. The van der Waals surface area contributed by atoms with Gasteiger partial charge >= 0.3 is 0 Å². The highest BCUT2D eigenvalue weighted by atomic mass is 16.2. The standard InChI is InChI=1S/C19H24N4O/c1-14-8-10-22(12-18(14)23-11-9-20-13-23)17-7-6-15-4-2-3-5-16(15)21-19(17)24/h2-5,9,11,13-14,17-18H,6-8,10,12H2,1H3,(H,21,24). The summed E-state index contributed by atoms with van der Waals surface area (Å²) in [4.78, 5) is 19.3. The summed E-state index contributed by atoms with van der Waals surface area (Å²) in [6.07, 6.45) is 8.71. The van der Waals surface area contributed by atoms with Gasteiger partial charge in [-0.05, 0) is 43.4 Å². The number of fused-ring (bicyclic) bond motifs is 1. The van der Waals surface area contributed by atoms with Gasteiger partial charge in [-0.3, -0.25) is 9.69 Å². The highest BCUT2D eigenvalue weighted by molar-refractivity contribution is 5.96. The van der Waals surface area contributed by atoms with Crippen molar-refractivity contribution in [2.24, 2.45) is 5.92 Å². The number of rotatable bonds is 2. The fraction of sp³-hybridized carbons (Fsp3) is 0.474. The highest BCUT2D eigenvalue weighted by Crippen LogP contribution is 2.31. The van der Waals surface area contributed by atoms with E-state index in [4.69, 9.17) is 0 Å². The highest BCUT2D eigenvalue weighted by Gasteiger charge is 2.35. The molecule has 1 fully saturated rings. The zero-order valence-electron chi connectivity index (χ0n) is 14.1. The fourth-order valence-corrected chi connectivity index (χ4v) is 4.06. The van der Waals surface area contributed by atoms with Crippen LogP contribution in [0, 0.1) is 5.92 Å². The lowest BCUT2D eigenvalue weighted by atomic mass is 9.91. The van der Waals surface area contributed by atoms with E-state index in [0.717, 1.165) is 38.0 Å². The normalized spacial score (nSPS) is 28.0. The first kappa shape index (κ1) is 15.4. The van der Waals surface area contributed by atoms with Crippen LogP contribution >= 0.6 is 0 Å². The van der Waals surface area contributed by atoms with E-state index in [1.165, 1.54) is 5.56 Å². The first-order valence-corrected chi connectivity index (χ1v) is 8.82. The minimum Gasteiger partial charge on any atom is -0.333 e. The Morgan fingerprint density at radius 3 is 2.96 bits per heavy atom. The van der Waals surface area contributed by atoms with E-state index >= 15 is 0 Å². The average molecular weight is 324 g/mol. The van der Waals surface area contributed by atoms with Crippen molar-refractivity contribution in [3.63, 3.8) is 0 Å². The van der Waals surface area contributed by atoms with Gasteiger partial charge in [-0.2, -0.15) is 0 Å². The quantitative estimate of drug-likeness (QED) is 0.924. The Hall–Kier alpha value is -2.14. The van der Waals surface area contributed by atoms with Crippen LogP contribution in [0.5, 0.6) is 0 Å². The number of aryl methyl sites for hydroxylation is 1. The van der Waals surface area contributed by atoms with Crippen LogP contribution in [0.4, 0.5) is 5.69 Å². The number of amides is 1. The van der Waals surface area contributed by atoms with Crippen LogP contribution in [0.1, 0.15) is 31.4 Å². The summed E-state index contributed by atoms with van der Waals surface area (Å²) in [7, 11) is 0. The molecule has 2 aromatic rings. The number of likely N-dealkylation sites (tertiary alicyclic amines) is 1. The molecular weight excluding hydrogens is 300 g/mol.